The van der Waals surface area contributed by atoms with Crippen molar-refractivity contribution in [2.45, 2.75) is 33.3 Å². The lowest BCUT2D eigenvalue weighted by Crippen LogP contribution is -1.95. The van der Waals surface area contributed by atoms with Gasteiger partial charge in [0.15, 0.2) is 0 Å². The van der Waals surface area contributed by atoms with Gasteiger partial charge in [-0.25, -0.2) is 0 Å². The SMILES string of the molecule is Cc1ccc(C(C)C)c(Oc2nc(CO)co2)c1. The highest BCUT2D eigenvalue weighted by atomic mass is 16.6. The van der Waals surface area contributed by atoms with Gasteiger partial charge in [-0.1, -0.05) is 26.0 Å². The van der Waals surface area contributed by atoms with E-state index in [1.54, 1.807) is 0 Å². The first-order chi connectivity index (χ1) is 8.60. The van der Waals surface area contributed by atoms with Crippen LogP contribution in [0.2, 0.25) is 0 Å². The lowest BCUT2D eigenvalue weighted by molar-refractivity contribution is 0.276. The molecule has 4 nitrogen and oxygen atoms in total. The highest BCUT2D eigenvalue weighted by Crippen LogP contribution is 2.31. The Kier molecular flexibility index (Phi) is 3.67. The van der Waals surface area contributed by atoms with Crippen LogP contribution in [0.25, 0.3) is 0 Å². The maximum Gasteiger partial charge on any atom is 0.399 e. The monoisotopic (exact) mass is 247 g/mol. The Balaban J connectivity index is 2.29. The summed E-state index contributed by atoms with van der Waals surface area (Å²) in [5.74, 6) is 1.10. The largest absolute Gasteiger partial charge is 0.417 e. The molecule has 0 amide bonds. The molecule has 2 rings (SSSR count). The van der Waals surface area contributed by atoms with E-state index in [1.165, 1.54) is 6.26 Å². The summed E-state index contributed by atoms with van der Waals surface area (Å²) in [6.07, 6.45) is 1.55. The molecule has 0 radical (unpaired) electrons. The van der Waals surface area contributed by atoms with E-state index in [0.717, 1.165) is 16.9 Å². The summed E-state index contributed by atoms with van der Waals surface area (Å²) in [6.45, 7) is 6.06. The third-order valence-electron chi connectivity index (χ3n) is 2.68. The molecule has 0 aliphatic heterocycles. The van der Waals surface area contributed by atoms with E-state index in [1.807, 2.05) is 19.1 Å². The lowest BCUT2D eigenvalue weighted by atomic mass is 10.0. The van der Waals surface area contributed by atoms with Gasteiger partial charge in [-0.05, 0) is 30.0 Å². The van der Waals surface area contributed by atoms with Gasteiger partial charge in [0, 0.05) is 0 Å². The van der Waals surface area contributed by atoms with Crippen LogP contribution in [0.4, 0.5) is 0 Å². The average molecular weight is 247 g/mol. The van der Waals surface area contributed by atoms with Gasteiger partial charge in [0.2, 0.25) is 0 Å². The molecule has 0 atom stereocenters. The third-order valence-corrected chi connectivity index (χ3v) is 2.68. The predicted molar refractivity (Wildman–Crippen MR) is 67.8 cm³/mol. The van der Waals surface area contributed by atoms with Crippen molar-refractivity contribution in [2.24, 2.45) is 0 Å². The molecule has 2 aromatic rings. The minimum atomic E-state index is -0.155. The van der Waals surface area contributed by atoms with Crippen LogP contribution >= 0.6 is 0 Å². The first-order valence-electron chi connectivity index (χ1n) is 5.94. The summed E-state index contributed by atoms with van der Waals surface area (Å²) < 4.78 is 10.8. The van der Waals surface area contributed by atoms with Crippen molar-refractivity contribution in [1.82, 2.24) is 4.98 Å². The number of oxazole rings is 1. The normalized spacial score (nSPS) is 10.9. The standard InChI is InChI=1S/C14H17NO3/c1-9(2)12-5-4-10(3)6-13(12)18-14-15-11(7-16)8-17-14/h4-6,8-9,16H,7H2,1-3H3. The molecule has 96 valence electrons. The van der Waals surface area contributed by atoms with Gasteiger partial charge in [0.1, 0.15) is 17.7 Å². The van der Waals surface area contributed by atoms with Crippen LogP contribution in [-0.2, 0) is 6.61 Å². The van der Waals surface area contributed by atoms with Gasteiger partial charge >= 0.3 is 6.08 Å². The van der Waals surface area contributed by atoms with Crippen molar-refractivity contribution in [3.05, 3.63) is 41.3 Å². The van der Waals surface area contributed by atoms with E-state index in [9.17, 15) is 0 Å². The molecule has 1 N–H and O–H groups in total. The number of aryl methyl sites for hydroxylation is 1. The second-order valence-corrected chi connectivity index (χ2v) is 4.56. The van der Waals surface area contributed by atoms with E-state index in [4.69, 9.17) is 14.3 Å². The van der Waals surface area contributed by atoms with Crippen molar-refractivity contribution in [3.63, 3.8) is 0 Å². The molecule has 0 saturated heterocycles. The van der Waals surface area contributed by atoms with E-state index in [-0.39, 0.29) is 12.7 Å². The smallest absolute Gasteiger partial charge is 0.399 e. The Hall–Kier alpha value is -1.81. The maximum atomic E-state index is 8.93. The fourth-order valence-corrected chi connectivity index (χ4v) is 1.71. The molecule has 0 bridgehead atoms. The number of nitrogens with zero attached hydrogens (tertiary/aromatic N) is 1. The lowest BCUT2D eigenvalue weighted by Gasteiger charge is -2.12. The minimum absolute atomic E-state index is 0.155. The van der Waals surface area contributed by atoms with Crippen molar-refractivity contribution >= 4 is 0 Å². The van der Waals surface area contributed by atoms with E-state index < -0.39 is 0 Å². The molecule has 0 fully saturated rings. The van der Waals surface area contributed by atoms with Gasteiger partial charge in [-0.3, -0.25) is 0 Å². The van der Waals surface area contributed by atoms with Crippen LogP contribution in [0.5, 0.6) is 11.8 Å². The number of benzene rings is 1. The van der Waals surface area contributed by atoms with E-state index >= 15 is 0 Å². The molecule has 0 saturated carbocycles. The van der Waals surface area contributed by atoms with Crippen molar-refractivity contribution in [3.8, 4) is 11.8 Å². The molecule has 0 aliphatic carbocycles. The van der Waals surface area contributed by atoms with Gasteiger partial charge in [0.25, 0.3) is 0 Å². The summed E-state index contributed by atoms with van der Waals surface area (Å²) in [4.78, 5) is 4.02. The van der Waals surface area contributed by atoms with E-state index in [0.29, 0.717) is 11.6 Å². The van der Waals surface area contributed by atoms with Crippen molar-refractivity contribution in [2.75, 3.05) is 0 Å². The Bertz CT molecular complexity index is 532. The summed E-state index contributed by atoms with van der Waals surface area (Å²) in [5, 5.41) is 8.93. The summed E-state index contributed by atoms with van der Waals surface area (Å²) in [6, 6.07) is 6.06. The van der Waals surface area contributed by atoms with Crippen molar-refractivity contribution < 1.29 is 14.3 Å². The summed E-state index contributed by atoms with van der Waals surface area (Å²) >= 11 is 0. The van der Waals surface area contributed by atoms with Gasteiger partial charge < -0.3 is 14.3 Å². The Morgan fingerprint density at radius 1 is 1.39 bits per heavy atom. The second kappa shape index (κ2) is 5.23. The Labute approximate surface area is 106 Å². The first-order valence-corrected chi connectivity index (χ1v) is 5.94. The second-order valence-electron chi connectivity index (χ2n) is 4.56. The van der Waals surface area contributed by atoms with E-state index in [2.05, 4.69) is 24.9 Å². The fraction of sp³-hybridized carbons (Fsp3) is 0.357. The molecule has 1 heterocycles. The number of rotatable bonds is 4. The van der Waals surface area contributed by atoms with Gasteiger partial charge in [-0.15, -0.1) is 0 Å². The first kappa shape index (κ1) is 12.6. The zero-order valence-electron chi connectivity index (χ0n) is 10.8. The van der Waals surface area contributed by atoms with Crippen LogP contribution in [0, 0.1) is 6.92 Å². The molecule has 4 heteroatoms. The number of hydrogen-bond donors (Lipinski definition) is 1. The van der Waals surface area contributed by atoms with Gasteiger partial charge in [-0.2, -0.15) is 4.98 Å². The molecule has 0 unspecified atom stereocenters. The topological polar surface area (TPSA) is 55.5 Å². The van der Waals surface area contributed by atoms with Crippen LogP contribution < -0.4 is 4.74 Å². The molecular formula is C14H17NO3. The van der Waals surface area contributed by atoms with Crippen LogP contribution in [0.1, 0.15) is 36.6 Å². The van der Waals surface area contributed by atoms with Gasteiger partial charge in [0.05, 0.1) is 6.61 Å². The highest BCUT2D eigenvalue weighted by molar-refractivity contribution is 5.40. The minimum Gasteiger partial charge on any atom is -0.417 e. The number of ether oxygens (including phenoxy) is 1. The molecule has 1 aromatic heterocycles. The average Bonchev–Trinajstić information content (AvgIpc) is 2.76. The van der Waals surface area contributed by atoms with Crippen LogP contribution in [-0.4, -0.2) is 10.1 Å². The molecule has 0 aliphatic rings. The summed E-state index contributed by atoms with van der Waals surface area (Å²) in [7, 11) is 0. The number of aliphatic hydroxyl groups excluding tert-OH is 1. The molecule has 18 heavy (non-hydrogen) atoms. The Morgan fingerprint density at radius 2 is 2.17 bits per heavy atom. The fourth-order valence-electron chi connectivity index (χ4n) is 1.71. The molecule has 0 spiro atoms. The van der Waals surface area contributed by atoms with Crippen LogP contribution in [0.15, 0.2) is 28.9 Å². The zero-order chi connectivity index (χ0) is 13.1. The quantitative estimate of drug-likeness (QED) is 0.899. The zero-order valence-corrected chi connectivity index (χ0v) is 10.8. The maximum absolute atomic E-state index is 8.93. The molecule has 1 aromatic carbocycles. The number of aromatic nitrogens is 1. The number of hydrogen-bond acceptors (Lipinski definition) is 4. The highest BCUT2D eigenvalue weighted by Gasteiger charge is 2.12. The third kappa shape index (κ3) is 2.71. The van der Waals surface area contributed by atoms with Crippen LogP contribution in [0.3, 0.4) is 0 Å². The van der Waals surface area contributed by atoms with Crippen molar-refractivity contribution in [1.29, 1.82) is 0 Å². The molecular weight excluding hydrogens is 230 g/mol. The summed E-state index contributed by atoms with van der Waals surface area (Å²) in [5.41, 5.74) is 2.68. The predicted octanol–water partition coefficient (Wildman–Crippen LogP) is 3.39. The number of aliphatic hydroxyl groups is 1. The Morgan fingerprint density at radius 3 is 2.78 bits per heavy atom.